The number of aromatic nitrogens is 6. The van der Waals surface area contributed by atoms with Crippen molar-refractivity contribution in [1.29, 1.82) is 0 Å². The Morgan fingerprint density at radius 1 is 1.18 bits per heavy atom. The Kier molecular flexibility index (Phi) is 4.01. The largest absolute Gasteiger partial charge is 0.476 e. The van der Waals surface area contributed by atoms with E-state index in [-0.39, 0.29) is 10.7 Å². The molecule has 8 nitrogen and oxygen atoms in total. The molecule has 0 atom stereocenters. The summed E-state index contributed by atoms with van der Waals surface area (Å²) in [5.74, 6) is -0.682. The van der Waals surface area contributed by atoms with E-state index in [1.165, 1.54) is 0 Å². The maximum absolute atomic E-state index is 11.0. The molecule has 0 bridgehead atoms. The Morgan fingerprint density at radius 2 is 2.00 bits per heavy atom. The molecule has 0 saturated heterocycles. The molecule has 11 heteroatoms. The second-order valence-corrected chi connectivity index (χ2v) is 5.80. The summed E-state index contributed by atoms with van der Waals surface area (Å²) in [6.07, 6.45) is 0. The average Bonchev–Trinajstić information content (AvgIpc) is 3.11. The number of hydrogen-bond donors (Lipinski definition) is 3. The highest BCUT2D eigenvalue weighted by atomic mass is 35.5. The van der Waals surface area contributed by atoms with Crippen LogP contribution in [0, 0.1) is 0 Å². The summed E-state index contributed by atoms with van der Waals surface area (Å²) in [5, 5.41) is 27.7. The van der Waals surface area contributed by atoms with Crippen molar-refractivity contribution in [1.82, 2.24) is 30.6 Å². The molecule has 2 heterocycles. The molecule has 0 amide bonds. The minimum Gasteiger partial charge on any atom is -0.476 e. The first kappa shape index (κ1) is 14.8. The summed E-state index contributed by atoms with van der Waals surface area (Å²) in [7, 11) is 0. The van der Waals surface area contributed by atoms with E-state index in [9.17, 15) is 4.79 Å². The molecule has 0 saturated carbocycles. The molecular weight excluding hydrogens is 351 g/mol. The topological polar surface area (TPSA) is 120 Å². The van der Waals surface area contributed by atoms with Gasteiger partial charge in [0, 0.05) is 5.56 Å². The van der Waals surface area contributed by atoms with Gasteiger partial charge in [0.1, 0.15) is 0 Å². The van der Waals surface area contributed by atoms with Crippen molar-refractivity contribution in [2.24, 2.45) is 0 Å². The number of carboxylic acids is 1. The lowest BCUT2D eigenvalue weighted by atomic mass is 10.2. The van der Waals surface area contributed by atoms with Crippen LogP contribution in [0.25, 0.3) is 11.4 Å². The number of rotatable bonds is 4. The second kappa shape index (κ2) is 5.95. The number of nitrogens with zero attached hydrogens (tertiary/aromatic N) is 4. The van der Waals surface area contributed by atoms with Crippen LogP contribution in [0.2, 0.25) is 10.0 Å². The van der Waals surface area contributed by atoms with Crippen molar-refractivity contribution in [2.75, 3.05) is 0 Å². The number of carbonyl (C=O) groups is 1. The standard InChI is InChI=1S/C11H6Cl2N6O2S/c12-5-2-1-4(3-6(5)13)8-14-11(18-16-8)22-9-7(10(20)21)15-19-17-9/h1-3H,(H,20,21)(H,14,16,18)(H,15,17,19). The molecule has 3 rings (SSSR count). The molecule has 1 aromatic carbocycles. The van der Waals surface area contributed by atoms with Gasteiger partial charge in [-0.1, -0.05) is 28.4 Å². The zero-order chi connectivity index (χ0) is 15.7. The van der Waals surface area contributed by atoms with Gasteiger partial charge in [-0.2, -0.15) is 0 Å². The molecule has 22 heavy (non-hydrogen) atoms. The van der Waals surface area contributed by atoms with Crippen molar-refractivity contribution in [2.45, 2.75) is 10.2 Å². The van der Waals surface area contributed by atoms with Gasteiger partial charge >= 0.3 is 5.97 Å². The first-order chi connectivity index (χ1) is 10.5. The van der Waals surface area contributed by atoms with E-state index >= 15 is 0 Å². The third-order valence-electron chi connectivity index (χ3n) is 2.58. The summed E-state index contributed by atoms with van der Waals surface area (Å²) in [6, 6.07) is 5.04. The van der Waals surface area contributed by atoms with E-state index in [4.69, 9.17) is 28.3 Å². The van der Waals surface area contributed by atoms with Crippen LogP contribution in [0.1, 0.15) is 10.5 Å². The predicted molar refractivity (Wildman–Crippen MR) is 79.3 cm³/mol. The smallest absolute Gasteiger partial charge is 0.356 e. The molecule has 2 aromatic heterocycles. The molecule has 112 valence electrons. The molecule has 0 aliphatic carbocycles. The van der Waals surface area contributed by atoms with E-state index in [0.29, 0.717) is 26.6 Å². The summed E-state index contributed by atoms with van der Waals surface area (Å²) in [5.41, 5.74) is 0.588. The maximum Gasteiger partial charge on any atom is 0.356 e. The fourth-order valence-corrected chi connectivity index (χ4v) is 2.61. The van der Waals surface area contributed by atoms with E-state index < -0.39 is 5.97 Å². The lowest BCUT2D eigenvalue weighted by Crippen LogP contribution is -1.98. The van der Waals surface area contributed by atoms with Crippen molar-refractivity contribution < 1.29 is 9.90 Å². The fourth-order valence-electron chi connectivity index (χ4n) is 1.59. The predicted octanol–water partition coefficient (Wildman–Crippen LogP) is 2.75. The van der Waals surface area contributed by atoms with Crippen molar-refractivity contribution >= 4 is 40.9 Å². The maximum atomic E-state index is 11.0. The SMILES string of the molecule is O=C(O)c1[nH]nnc1Sc1nnc(-c2ccc(Cl)c(Cl)c2)[nH]1. The number of H-pyrrole nitrogens is 2. The normalized spacial score (nSPS) is 10.8. The number of aromatic carboxylic acids is 1. The Bertz CT molecular complexity index is 849. The Balaban J connectivity index is 1.86. The summed E-state index contributed by atoms with van der Waals surface area (Å²) < 4.78 is 0. The van der Waals surface area contributed by atoms with Gasteiger partial charge in [0.15, 0.2) is 21.7 Å². The van der Waals surface area contributed by atoms with E-state index in [0.717, 1.165) is 11.8 Å². The lowest BCUT2D eigenvalue weighted by Gasteiger charge is -1.98. The Morgan fingerprint density at radius 3 is 2.73 bits per heavy atom. The van der Waals surface area contributed by atoms with Crippen molar-refractivity contribution in [3.63, 3.8) is 0 Å². The lowest BCUT2D eigenvalue weighted by molar-refractivity contribution is 0.0686. The van der Waals surface area contributed by atoms with Crippen LogP contribution in [-0.4, -0.2) is 41.7 Å². The highest BCUT2D eigenvalue weighted by Crippen LogP contribution is 2.29. The number of aromatic amines is 2. The Hall–Kier alpha value is -2.10. The van der Waals surface area contributed by atoms with Crippen molar-refractivity contribution in [3.05, 3.63) is 33.9 Å². The monoisotopic (exact) mass is 356 g/mol. The molecule has 0 spiro atoms. The van der Waals surface area contributed by atoms with Crippen LogP contribution in [0.4, 0.5) is 0 Å². The summed E-state index contributed by atoms with van der Waals surface area (Å²) in [4.78, 5) is 13.9. The molecule has 0 fully saturated rings. The molecule has 3 N–H and O–H groups in total. The number of carboxylic acid groups (broad SMARTS) is 1. The molecular formula is C11H6Cl2N6O2S. The van der Waals surface area contributed by atoms with Crippen molar-refractivity contribution in [3.8, 4) is 11.4 Å². The molecule has 0 unspecified atom stereocenters. The molecule has 0 aliphatic heterocycles. The highest BCUT2D eigenvalue weighted by Gasteiger charge is 2.17. The van der Waals surface area contributed by atoms with Gasteiger partial charge in [-0.15, -0.1) is 15.3 Å². The first-order valence-electron chi connectivity index (χ1n) is 5.75. The second-order valence-electron chi connectivity index (χ2n) is 4.01. The average molecular weight is 357 g/mol. The third kappa shape index (κ3) is 2.91. The minimum absolute atomic E-state index is 0.113. The molecule has 0 aliphatic rings. The Labute approximate surface area is 137 Å². The van der Waals surface area contributed by atoms with Crippen LogP contribution >= 0.6 is 35.0 Å². The summed E-state index contributed by atoms with van der Waals surface area (Å²) in [6.45, 7) is 0. The van der Waals surface area contributed by atoms with Crippen LogP contribution in [-0.2, 0) is 0 Å². The van der Waals surface area contributed by atoms with E-state index in [2.05, 4.69) is 30.6 Å². The highest BCUT2D eigenvalue weighted by molar-refractivity contribution is 7.99. The van der Waals surface area contributed by atoms with Gasteiger partial charge in [-0.3, -0.25) is 5.10 Å². The van der Waals surface area contributed by atoms with Gasteiger partial charge in [0.2, 0.25) is 0 Å². The van der Waals surface area contributed by atoms with Gasteiger partial charge < -0.3 is 10.1 Å². The quantitative estimate of drug-likeness (QED) is 0.656. The van der Waals surface area contributed by atoms with E-state index in [1.807, 2.05) is 0 Å². The van der Waals surface area contributed by atoms with Gasteiger partial charge in [0.05, 0.1) is 10.0 Å². The number of halogens is 2. The summed E-state index contributed by atoms with van der Waals surface area (Å²) >= 11 is 12.8. The number of nitrogens with one attached hydrogen (secondary N) is 2. The number of hydrogen-bond acceptors (Lipinski definition) is 6. The zero-order valence-electron chi connectivity index (χ0n) is 10.5. The molecule has 3 aromatic rings. The van der Waals surface area contributed by atoms with Crippen LogP contribution in [0.5, 0.6) is 0 Å². The third-order valence-corrected chi connectivity index (χ3v) is 4.18. The van der Waals surface area contributed by atoms with E-state index in [1.54, 1.807) is 18.2 Å². The fraction of sp³-hybridized carbons (Fsp3) is 0. The van der Waals surface area contributed by atoms with Gasteiger partial charge in [-0.25, -0.2) is 4.79 Å². The molecule has 0 radical (unpaired) electrons. The van der Waals surface area contributed by atoms with Crippen LogP contribution in [0.15, 0.2) is 28.4 Å². The minimum atomic E-state index is -1.16. The first-order valence-corrected chi connectivity index (χ1v) is 7.32. The number of benzene rings is 1. The van der Waals surface area contributed by atoms with Crippen LogP contribution < -0.4 is 0 Å². The van der Waals surface area contributed by atoms with Crippen LogP contribution in [0.3, 0.4) is 0 Å². The van der Waals surface area contributed by atoms with Gasteiger partial charge in [-0.05, 0) is 30.0 Å². The van der Waals surface area contributed by atoms with Gasteiger partial charge in [0.25, 0.3) is 0 Å². The zero-order valence-corrected chi connectivity index (χ0v) is 12.9.